The maximum atomic E-state index is 12.1. The zero-order valence-corrected chi connectivity index (χ0v) is 23.1. The van der Waals surface area contributed by atoms with Gasteiger partial charge in [0.25, 0.3) is 0 Å². The molecule has 0 bridgehead atoms. The lowest BCUT2D eigenvalue weighted by atomic mass is 10.00. The van der Waals surface area contributed by atoms with Gasteiger partial charge in [0, 0.05) is 42.3 Å². The van der Waals surface area contributed by atoms with E-state index < -0.39 is 0 Å². The van der Waals surface area contributed by atoms with Crippen molar-refractivity contribution in [2.24, 2.45) is 0 Å². The summed E-state index contributed by atoms with van der Waals surface area (Å²) in [6.07, 6.45) is 3.90. The molecular weight excluding hydrogens is 518 g/mol. The van der Waals surface area contributed by atoms with Crippen LogP contribution in [0.25, 0.3) is 16.5 Å². The van der Waals surface area contributed by atoms with Crippen LogP contribution in [0, 0.1) is 6.92 Å². The quantitative estimate of drug-likeness (QED) is 0.240. The van der Waals surface area contributed by atoms with Crippen LogP contribution in [0.3, 0.4) is 0 Å². The van der Waals surface area contributed by atoms with Gasteiger partial charge in [-0.15, -0.1) is 0 Å². The summed E-state index contributed by atoms with van der Waals surface area (Å²) in [6, 6.07) is 30.6. The predicted octanol–water partition coefficient (Wildman–Crippen LogP) is 6.10. The van der Waals surface area contributed by atoms with Crippen molar-refractivity contribution in [3.8, 4) is 5.69 Å². The van der Waals surface area contributed by atoms with Gasteiger partial charge in [-0.1, -0.05) is 36.4 Å². The number of rotatable bonds is 7. The average molecular weight is 548 g/mol. The van der Waals surface area contributed by atoms with E-state index in [1.165, 1.54) is 17.9 Å². The van der Waals surface area contributed by atoms with E-state index >= 15 is 0 Å². The Morgan fingerprint density at radius 3 is 2.55 bits per heavy atom. The highest BCUT2D eigenvalue weighted by molar-refractivity contribution is 7.80. The van der Waals surface area contributed by atoms with Crippen LogP contribution in [0.5, 0.6) is 0 Å². The zero-order chi connectivity index (χ0) is 27.6. The normalized spacial score (nSPS) is 16.8. The summed E-state index contributed by atoms with van der Waals surface area (Å²) in [5, 5.41) is 9.45. The highest BCUT2D eigenvalue weighted by atomic mass is 32.1. The van der Waals surface area contributed by atoms with E-state index in [1.54, 1.807) is 0 Å². The molecule has 0 spiro atoms. The molecule has 2 aromatic heterocycles. The molecule has 1 aliphatic heterocycles. The molecule has 200 valence electrons. The zero-order valence-electron chi connectivity index (χ0n) is 22.2. The largest absolute Gasteiger partial charge is 0.375 e. The van der Waals surface area contributed by atoms with E-state index in [2.05, 4.69) is 80.9 Å². The number of fused-ring (bicyclic) bond motifs is 1. The number of hydrogen-bond donors (Lipinski definition) is 2. The lowest BCUT2D eigenvalue weighted by molar-refractivity contribution is -0.119. The number of carbonyl (C=O) groups excluding carboxylic acids is 1. The molecule has 6 rings (SSSR count). The van der Waals surface area contributed by atoms with Crippen molar-refractivity contribution in [3.63, 3.8) is 0 Å². The van der Waals surface area contributed by atoms with Gasteiger partial charge in [-0.2, -0.15) is 0 Å². The summed E-state index contributed by atoms with van der Waals surface area (Å²) in [5.74, 6) is -0.196. The minimum Gasteiger partial charge on any atom is -0.375 e. The number of nitrogens with one attached hydrogen (secondary N) is 2. The van der Waals surface area contributed by atoms with Crippen molar-refractivity contribution >= 4 is 45.4 Å². The van der Waals surface area contributed by atoms with Gasteiger partial charge in [0.1, 0.15) is 12.6 Å². The number of nitrogens with zero attached hydrogens (tertiary/aromatic N) is 3. The van der Waals surface area contributed by atoms with E-state index in [-0.39, 0.29) is 24.6 Å². The second kappa shape index (κ2) is 10.9. The number of aromatic nitrogens is 2. The summed E-state index contributed by atoms with van der Waals surface area (Å²) < 4.78 is 7.19. The smallest absolute Gasteiger partial charge is 0.250 e. The highest BCUT2D eigenvalue weighted by Gasteiger charge is 2.42. The van der Waals surface area contributed by atoms with Crippen molar-refractivity contribution in [2.45, 2.75) is 19.0 Å². The van der Waals surface area contributed by atoms with Gasteiger partial charge in [-0.05, 0) is 90.1 Å². The van der Waals surface area contributed by atoms with E-state index in [0.717, 1.165) is 34.0 Å². The van der Waals surface area contributed by atoms with Crippen molar-refractivity contribution in [2.75, 3.05) is 23.9 Å². The fourth-order valence-electron chi connectivity index (χ4n) is 5.39. The molecule has 2 N–H and O–H groups in total. The molecule has 1 amide bonds. The molecule has 2 unspecified atom stereocenters. The van der Waals surface area contributed by atoms with Gasteiger partial charge in [-0.25, -0.2) is 0 Å². The molecule has 40 heavy (non-hydrogen) atoms. The number of ether oxygens (including phenoxy) is 1. The van der Waals surface area contributed by atoms with Crippen molar-refractivity contribution < 1.29 is 9.53 Å². The van der Waals surface area contributed by atoms with Crippen LogP contribution in [-0.4, -0.2) is 34.3 Å². The Balaban J connectivity index is 1.44. The Kier molecular flexibility index (Phi) is 7.02. The van der Waals surface area contributed by atoms with Crippen LogP contribution in [-0.2, 0) is 9.53 Å². The van der Waals surface area contributed by atoms with E-state index in [1.807, 2.05) is 49.5 Å². The van der Waals surface area contributed by atoms with Gasteiger partial charge in [0.15, 0.2) is 5.11 Å². The molecule has 3 heterocycles. The number of carbonyl (C=O) groups is 1. The van der Waals surface area contributed by atoms with Gasteiger partial charge in [0.05, 0.1) is 11.7 Å². The second-order valence-corrected chi connectivity index (χ2v) is 10.2. The molecule has 5 aromatic rings. The topological polar surface area (TPSA) is 71.4 Å². The molecule has 3 aromatic carbocycles. The van der Waals surface area contributed by atoms with Gasteiger partial charge in [-0.3, -0.25) is 9.78 Å². The number of benzene rings is 3. The number of methoxy groups -OCH3 is 1. The van der Waals surface area contributed by atoms with Crippen LogP contribution in [0.1, 0.15) is 29.0 Å². The molecule has 7 nitrogen and oxygen atoms in total. The summed E-state index contributed by atoms with van der Waals surface area (Å²) in [5.41, 5.74) is 5.64. The number of amides is 1. The van der Waals surface area contributed by atoms with Crippen LogP contribution in [0.15, 0.2) is 103 Å². The molecule has 1 saturated heterocycles. The Morgan fingerprint density at radius 1 is 0.975 bits per heavy atom. The third-order valence-electron chi connectivity index (χ3n) is 7.23. The number of pyridine rings is 1. The first-order valence-electron chi connectivity index (χ1n) is 13.1. The Morgan fingerprint density at radius 2 is 1.77 bits per heavy atom. The first-order chi connectivity index (χ1) is 19.5. The third kappa shape index (κ3) is 4.83. The average Bonchev–Trinajstić information content (AvgIpc) is 3.59. The molecule has 0 radical (unpaired) electrons. The Hall–Kier alpha value is -4.53. The van der Waals surface area contributed by atoms with E-state index in [0.29, 0.717) is 5.11 Å². The van der Waals surface area contributed by atoms with Crippen LogP contribution < -0.4 is 15.5 Å². The first kappa shape index (κ1) is 25.7. The fraction of sp³-hybridized carbons (Fsp3) is 0.156. The summed E-state index contributed by atoms with van der Waals surface area (Å²) >= 11 is 5.95. The minimum absolute atomic E-state index is 0.000906. The molecule has 8 heteroatoms. The molecule has 0 aliphatic carbocycles. The highest BCUT2D eigenvalue weighted by Crippen LogP contribution is 2.43. The van der Waals surface area contributed by atoms with Gasteiger partial charge >= 0.3 is 0 Å². The molecule has 1 aliphatic rings. The van der Waals surface area contributed by atoms with Gasteiger partial charge < -0.3 is 24.8 Å². The SMILES string of the molecule is COCC(=O)Nc1ccc(N2C(=S)NC(c3ccccn3)C2c2cccn2-c2ccc3ccccc3c2)cc1C. The van der Waals surface area contributed by atoms with Crippen LogP contribution in [0.4, 0.5) is 11.4 Å². The van der Waals surface area contributed by atoms with Gasteiger partial charge in [0.2, 0.25) is 5.91 Å². The maximum Gasteiger partial charge on any atom is 0.250 e. The number of hydrogen-bond acceptors (Lipinski definition) is 4. The molecular formula is C32H29N5O2S. The van der Waals surface area contributed by atoms with Crippen molar-refractivity contribution in [3.05, 3.63) is 120 Å². The third-order valence-corrected chi connectivity index (χ3v) is 7.54. The molecule has 0 saturated carbocycles. The van der Waals surface area contributed by atoms with Crippen LogP contribution >= 0.6 is 12.2 Å². The summed E-state index contributed by atoms with van der Waals surface area (Å²) in [7, 11) is 1.50. The van der Waals surface area contributed by atoms with E-state index in [9.17, 15) is 4.79 Å². The fourth-order valence-corrected chi connectivity index (χ4v) is 5.73. The lowest BCUT2D eigenvalue weighted by Crippen LogP contribution is -2.30. The second-order valence-electron chi connectivity index (χ2n) is 9.81. The summed E-state index contributed by atoms with van der Waals surface area (Å²) in [4.78, 5) is 19.0. The lowest BCUT2D eigenvalue weighted by Gasteiger charge is -2.29. The number of thiocarbonyl (C=S) groups is 1. The Labute approximate surface area is 238 Å². The van der Waals surface area contributed by atoms with Crippen molar-refractivity contribution in [1.82, 2.24) is 14.9 Å². The molecule has 1 fully saturated rings. The standard InChI is InChI=1S/C32H29N5O2S/c1-21-18-25(14-15-26(21)34-29(38)20-39-2)37-31(30(35-32(37)40)27-10-5-6-16-33-27)28-11-7-17-36(28)24-13-12-22-8-3-4-9-23(22)19-24/h3-19,30-31H,20H2,1-2H3,(H,34,38)(H,35,40). The molecule has 2 atom stereocenters. The van der Waals surface area contributed by atoms with E-state index in [4.69, 9.17) is 21.9 Å². The summed E-state index contributed by atoms with van der Waals surface area (Å²) in [6.45, 7) is 1.97. The van der Waals surface area contributed by atoms with Crippen molar-refractivity contribution in [1.29, 1.82) is 0 Å². The monoisotopic (exact) mass is 547 g/mol. The van der Waals surface area contributed by atoms with Crippen LogP contribution in [0.2, 0.25) is 0 Å². The first-order valence-corrected chi connectivity index (χ1v) is 13.5. The Bertz CT molecular complexity index is 1700. The maximum absolute atomic E-state index is 12.1. The minimum atomic E-state index is -0.196. The number of anilines is 2. The number of aryl methyl sites for hydroxylation is 1. The predicted molar refractivity (Wildman–Crippen MR) is 163 cm³/mol.